The molecular weight excluding hydrogens is 251 g/mol. The molecule has 1 unspecified atom stereocenters. The van der Waals surface area contributed by atoms with Crippen LogP contribution >= 0.6 is 0 Å². The van der Waals surface area contributed by atoms with Gasteiger partial charge in [-0.1, -0.05) is 6.92 Å². The Bertz CT molecular complexity index is 313. The number of carbonyl (C=O) groups excluding carboxylic acids is 2. The van der Waals surface area contributed by atoms with Gasteiger partial charge in [-0.3, -0.25) is 9.59 Å². The molecule has 0 bridgehead atoms. The highest BCUT2D eigenvalue weighted by Crippen LogP contribution is 2.18. The van der Waals surface area contributed by atoms with Gasteiger partial charge in [0.2, 0.25) is 0 Å². The van der Waals surface area contributed by atoms with Crippen molar-refractivity contribution in [2.24, 2.45) is 0 Å². The minimum absolute atomic E-state index is 0.299. The lowest BCUT2D eigenvalue weighted by atomic mass is 10.0. The summed E-state index contributed by atoms with van der Waals surface area (Å²) >= 11 is 0. The number of hydrogen-bond acceptors (Lipinski definition) is 3. The summed E-state index contributed by atoms with van der Waals surface area (Å²) in [6.07, 6.45) is -4.97. The monoisotopic (exact) mass is 269 g/mol. The average molecular weight is 269 g/mol. The van der Waals surface area contributed by atoms with Gasteiger partial charge in [-0.2, -0.15) is 13.2 Å². The quantitative estimate of drug-likeness (QED) is 0.778. The van der Waals surface area contributed by atoms with Gasteiger partial charge in [0, 0.05) is 5.54 Å². The first kappa shape index (κ1) is 16.7. The first-order valence-corrected chi connectivity index (χ1v) is 5.56. The lowest BCUT2D eigenvalue weighted by molar-refractivity contribution is -0.176. The fraction of sp³-hybridized carbons (Fsp3) is 0.818. The van der Waals surface area contributed by atoms with Crippen LogP contribution in [0.5, 0.6) is 0 Å². The Kier molecular flexibility index (Phi) is 5.63. The molecule has 0 spiro atoms. The maximum absolute atomic E-state index is 12.1. The van der Waals surface area contributed by atoms with Crippen molar-refractivity contribution in [1.82, 2.24) is 5.32 Å². The molecule has 0 aliphatic heterocycles. The Morgan fingerprint density at radius 2 is 1.78 bits per heavy atom. The lowest BCUT2D eigenvalue weighted by Gasteiger charge is -2.26. The molecule has 1 amide bonds. The number of nitrogens with one attached hydrogen (secondary N) is 1. The van der Waals surface area contributed by atoms with E-state index in [0.29, 0.717) is 6.42 Å². The van der Waals surface area contributed by atoms with Gasteiger partial charge in [0.15, 0.2) is 0 Å². The van der Waals surface area contributed by atoms with Gasteiger partial charge < -0.3 is 10.1 Å². The predicted molar refractivity (Wildman–Crippen MR) is 58.7 cm³/mol. The number of halogens is 3. The van der Waals surface area contributed by atoms with Gasteiger partial charge in [-0.05, 0) is 27.2 Å². The standard InChI is InChI=1S/C11H18F3NO3/c1-5-7(2)18-8(16)6-10(3,4)15-9(17)11(12,13)14/h7H,5-6H2,1-4H3,(H,15,17). The Hall–Kier alpha value is -1.27. The molecule has 0 aliphatic rings. The zero-order valence-corrected chi connectivity index (χ0v) is 10.9. The highest BCUT2D eigenvalue weighted by Gasteiger charge is 2.41. The van der Waals surface area contributed by atoms with Crippen molar-refractivity contribution in [2.45, 2.75) is 58.4 Å². The van der Waals surface area contributed by atoms with Gasteiger partial charge in [0.25, 0.3) is 0 Å². The van der Waals surface area contributed by atoms with Crippen LogP contribution in [0.1, 0.15) is 40.5 Å². The van der Waals surface area contributed by atoms with Crippen LogP contribution in [0.3, 0.4) is 0 Å². The van der Waals surface area contributed by atoms with E-state index < -0.39 is 23.6 Å². The summed E-state index contributed by atoms with van der Waals surface area (Å²) in [4.78, 5) is 22.2. The van der Waals surface area contributed by atoms with Crippen molar-refractivity contribution in [3.8, 4) is 0 Å². The van der Waals surface area contributed by atoms with E-state index in [1.807, 2.05) is 6.92 Å². The molecule has 0 rings (SSSR count). The molecule has 0 aromatic carbocycles. The number of esters is 1. The van der Waals surface area contributed by atoms with Gasteiger partial charge >= 0.3 is 18.1 Å². The van der Waals surface area contributed by atoms with E-state index in [-0.39, 0.29) is 12.5 Å². The van der Waals surface area contributed by atoms with Gasteiger partial charge in [0.1, 0.15) is 0 Å². The maximum Gasteiger partial charge on any atom is 0.471 e. The first-order chi connectivity index (χ1) is 7.98. The zero-order chi connectivity index (χ0) is 14.6. The Labute approximate surface area is 104 Å². The van der Waals surface area contributed by atoms with Crippen LogP contribution in [-0.4, -0.2) is 29.7 Å². The minimum atomic E-state index is -4.96. The number of rotatable bonds is 5. The molecule has 0 aromatic rings. The summed E-state index contributed by atoms with van der Waals surface area (Å²) in [6, 6.07) is 0. The van der Waals surface area contributed by atoms with Gasteiger partial charge in [-0.15, -0.1) is 0 Å². The highest BCUT2D eigenvalue weighted by molar-refractivity contribution is 5.83. The minimum Gasteiger partial charge on any atom is -0.463 e. The fourth-order valence-electron chi connectivity index (χ4n) is 1.13. The maximum atomic E-state index is 12.1. The summed E-state index contributed by atoms with van der Waals surface area (Å²) in [7, 11) is 0. The third-order valence-corrected chi connectivity index (χ3v) is 2.20. The van der Waals surface area contributed by atoms with Crippen LogP contribution in [0.15, 0.2) is 0 Å². The molecule has 0 saturated heterocycles. The van der Waals surface area contributed by atoms with E-state index in [4.69, 9.17) is 4.74 Å². The van der Waals surface area contributed by atoms with Crippen molar-refractivity contribution in [1.29, 1.82) is 0 Å². The molecular formula is C11H18F3NO3. The third kappa shape index (κ3) is 6.46. The molecule has 0 heterocycles. The molecule has 1 N–H and O–H groups in total. The second kappa shape index (κ2) is 6.06. The van der Waals surface area contributed by atoms with Crippen molar-refractivity contribution in [3.05, 3.63) is 0 Å². The molecule has 106 valence electrons. The lowest BCUT2D eigenvalue weighted by Crippen LogP contribution is -2.50. The largest absolute Gasteiger partial charge is 0.471 e. The number of amides is 1. The van der Waals surface area contributed by atoms with Crippen molar-refractivity contribution in [3.63, 3.8) is 0 Å². The second-order valence-corrected chi connectivity index (χ2v) is 4.72. The third-order valence-electron chi connectivity index (χ3n) is 2.20. The summed E-state index contributed by atoms with van der Waals surface area (Å²) < 4.78 is 41.1. The molecule has 4 nitrogen and oxygen atoms in total. The molecule has 7 heteroatoms. The SMILES string of the molecule is CCC(C)OC(=O)CC(C)(C)NC(=O)C(F)(F)F. The van der Waals surface area contributed by atoms with Crippen molar-refractivity contribution in [2.75, 3.05) is 0 Å². The molecule has 0 saturated carbocycles. The zero-order valence-electron chi connectivity index (χ0n) is 10.9. The Balaban J connectivity index is 4.39. The van der Waals surface area contributed by atoms with Crippen LogP contribution in [0.4, 0.5) is 13.2 Å². The molecule has 0 fully saturated rings. The number of hydrogen-bond donors (Lipinski definition) is 1. The van der Waals surface area contributed by atoms with E-state index in [9.17, 15) is 22.8 Å². The predicted octanol–water partition coefficient (Wildman–Crippen LogP) is 2.18. The molecule has 1 atom stereocenters. The number of carbonyl (C=O) groups is 2. The molecule has 0 aliphatic carbocycles. The topological polar surface area (TPSA) is 55.4 Å². The summed E-state index contributed by atoms with van der Waals surface area (Å²) in [5, 5.41) is 1.75. The van der Waals surface area contributed by atoms with Crippen molar-refractivity contribution < 1.29 is 27.5 Å². The fourth-order valence-corrected chi connectivity index (χ4v) is 1.13. The average Bonchev–Trinajstić information content (AvgIpc) is 2.13. The van der Waals surface area contributed by atoms with Crippen LogP contribution in [0.2, 0.25) is 0 Å². The molecule has 0 aromatic heterocycles. The number of ether oxygens (including phenoxy) is 1. The van der Waals surface area contributed by atoms with E-state index in [2.05, 4.69) is 0 Å². The highest BCUT2D eigenvalue weighted by atomic mass is 19.4. The Morgan fingerprint density at radius 3 is 2.17 bits per heavy atom. The summed E-state index contributed by atoms with van der Waals surface area (Å²) in [5.74, 6) is -2.71. The first-order valence-electron chi connectivity index (χ1n) is 5.56. The van der Waals surface area contributed by atoms with E-state index in [1.54, 1.807) is 12.2 Å². The smallest absolute Gasteiger partial charge is 0.463 e. The van der Waals surface area contributed by atoms with Crippen LogP contribution in [0, 0.1) is 0 Å². The molecule has 0 radical (unpaired) electrons. The number of alkyl halides is 3. The van der Waals surface area contributed by atoms with Crippen LogP contribution in [0.25, 0.3) is 0 Å². The van der Waals surface area contributed by atoms with E-state index in [1.165, 1.54) is 13.8 Å². The van der Waals surface area contributed by atoms with Gasteiger partial charge in [-0.25, -0.2) is 0 Å². The van der Waals surface area contributed by atoms with E-state index >= 15 is 0 Å². The van der Waals surface area contributed by atoms with Crippen LogP contribution in [-0.2, 0) is 14.3 Å². The Morgan fingerprint density at radius 1 is 1.28 bits per heavy atom. The van der Waals surface area contributed by atoms with Gasteiger partial charge in [0.05, 0.1) is 12.5 Å². The molecule has 18 heavy (non-hydrogen) atoms. The summed E-state index contributed by atoms with van der Waals surface area (Å²) in [5.41, 5.74) is -1.31. The van der Waals surface area contributed by atoms with Crippen molar-refractivity contribution >= 4 is 11.9 Å². The van der Waals surface area contributed by atoms with Crippen LogP contribution < -0.4 is 5.32 Å². The van der Waals surface area contributed by atoms with E-state index in [0.717, 1.165) is 0 Å². The normalized spacial score (nSPS) is 13.9. The second-order valence-electron chi connectivity index (χ2n) is 4.72. The summed E-state index contributed by atoms with van der Waals surface area (Å²) in [6.45, 7) is 6.15.